The van der Waals surface area contributed by atoms with E-state index in [0.717, 1.165) is 6.42 Å². The van der Waals surface area contributed by atoms with Gasteiger partial charge in [0, 0.05) is 6.42 Å². The van der Waals surface area contributed by atoms with E-state index >= 15 is 0 Å². The first-order valence-electron chi connectivity index (χ1n) is 6.03. The second-order valence-electron chi connectivity index (χ2n) is 3.96. The fourth-order valence-electron chi connectivity index (χ4n) is 1.70. The van der Waals surface area contributed by atoms with Crippen molar-refractivity contribution in [1.82, 2.24) is 10.2 Å². The third-order valence-electron chi connectivity index (χ3n) is 2.70. The highest BCUT2D eigenvalue weighted by Gasteiger charge is 2.14. The zero-order valence-corrected chi connectivity index (χ0v) is 11.0. The van der Waals surface area contributed by atoms with Gasteiger partial charge in [-0.3, -0.25) is 0 Å². The number of aryl methyl sites for hydroxylation is 1. The standard InChI is InChI=1S/C13H17N3O3/c1-17-9-5-6-11(18-2)10(8-9)13-16-15-12(19-13)4-3-7-14/h5-6,8H,3-4,7,14H2,1-2H3. The first-order chi connectivity index (χ1) is 9.28. The average molecular weight is 263 g/mol. The van der Waals surface area contributed by atoms with Gasteiger partial charge in [0.1, 0.15) is 11.5 Å². The van der Waals surface area contributed by atoms with Crippen LogP contribution in [0.5, 0.6) is 11.5 Å². The zero-order chi connectivity index (χ0) is 13.7. The lowest BCUT2D eigenvalue weighted by atomic mass is 10.2. The van der Waals surface area contributed by atoms with Crippen molar-refractivity contribution in [3.05, 3.63) is 24.1 Å². The van der Waals surface area contributed by atoms with Gasteiger partial charge in [-0.25, -0.2) is 0 Å². The zero-order valence-electron chi connectivity index (χ0n) is 11.0. The van der Waals surface area contributed by atoms with Gasteiger partial charge in [-0.2, -0.15) is 0 Å². The van der Waals surface area contributed by atoms with E-state index in [2.05, 4.69) is 10.2 Å². The highest BCUT2D eigenvalue weighted by Crippen LogP contribution is 2.32. The summed E-state index contributed by atoms with van der Waals surface area (Å²) in [6.45, 7) is 0.597. The maximum Gasteiger partial charge on any atom is 0.251 e. The van der Waals surface area contributed by atoms with Crippen molar-refractivity contribution in [3.8, 4) is 23.0 Å². The molecule has 2 aromatic rings. The Morgan fingerprint density at radius 1 is 1.21 bits per heavy atom. The van der Waals surface area contributed by atoms with Crippen molar-refractivity contribution in [3.63, 3.8) is 0 Å². The Balaban J connectivity index is 2.31. The number of aromatic nitrogens is 2. The molecule has 0 atom stereocenters. The first-order valence-corrected chi connectivity index (χ1v) is 6.03. The summed E-state index contributed by atoms with van der Waals surface area (Å²) in [6, 6.07) is 5.42. The summed E-state index contributed by atoms with van der Waals surface area (Å²) in [5.41, 5.74) is 6.17. The molecule has 0 fully saturated rings. The van der Waals surface area contributed by atoms with Crippen LogP contribution < -0.4 is 15.2 Å². The predicted molar refractivity (Wildman–Crippen MR) is 70.2 cm³/mol. The summed E-state index contributed by atoms with van der Waals surface area (Å²) < 4.78 is 16.1. The Kier molecular flexibility index (Phi) is 4.35. The number of hydrogen-bond acceptors (Lipinski definition) is 6. The molecule has 1 aromatic heterocycles. The molecule has 0 aliphatic carbocycles. The third-order valence-corrected chi connectivity index (χ3v) is 2.70. The number of nitrogens with two attached hydrogens (primary N) is 1. The quantitative estimate of drug-likeness (QED) is 0.853. The van der Waals surface area contributed by atoms with Crippen LogP contribution in [-0.4, -0.2) is 31.0 Å². The minimum Gasteiger partial charge on any atom is -0.497 e. The van der Waals surface area contributed by atoms with Crippen molar-refractivity contribution < 1.29 is 13.9 Å². The fraction of sp³-hybridized carbons (Fsp3) is 0.385. The Hall–Kier alpha value is -2.08. The van der Waals surface area contributed by atoms with E-state index in [9.17, 15) is 0 Å². The molecule has 19 heavy (non-hydrogen) atoms. The van der Waals surface area contributed by atoms with Crippen molar-refractivity contribution in [2.75, 3.05) is 20.8 Å². The smallest absolute Gasteiger partial charge is 0.251 e. The van der Waals surface area contributed by atoms with Crippen LogP contribution in [0.1, 0.15) is 12.3 Å². The van der Waals surface area contributed by atoms with E-state index in [1.54, 1.807) is 26.4 Å². The molecule has 102 valence electrons. The van der Waals surface area contributed by atoms with Crippen LogP contribution in [-0.2, 0) is 6.42 Å². The molecule has 0 aliphatic heterocycles. The molecule has 0 bridgehead atoms. The summed E-state index contributed by atoms with van der Waals surface area (Å²) in [4.78, 5) is 0. The lowest BCUT2D eigenvalue weighted by molar-refractivity contribution is 0.402. The van der Waals surface area contributed by atoms with Gasteiger partial charge < -0.3 is 19.6 Å². The van der Waals surface area contributed by atoms with Gasteiger partial charge in [0.05, 0.1) is 19.8 Å². The largest absolute Gasteiger partial charge is 0.497 e. The molecule has 0 aliphatic rings. The maximum atomic E-state index is 5.60. The van der Waals surface area contributed by atoms with E-state index in [1.807, 2.05) is 6.07 Å². The van der Waals surface area contributed by atoms with E-state index in [-0.39, 0.29) is 0 Å². The molecule has 0 saturated heterocycles. The van der Waals surface area contributed by atoms with Crippen LogP contribution >= 0.6 is 0 Å². The molecule has 2 rings (SSSR count). The molecule has 1 heterocycles. The van der Waals surface area contributed by atoms with Crippen LogP contribution in [0, 0.1) is 0 Å². The first kappa shape index (κ1) is 13.4. The van der Waals surface area contributed by atoms with Gasteiger partial charge in [-0.1, -0.05) is 0 Å². The number of rotatable bonds is 6. The van der Waals surface area contributed by atoms with E-state index < -0.39 is 0 Å². The molecule has 0 radical (unpaired) electrons. The molecule has 0 saturated carbocycles. The van der Waals surface area contributed by atoms with Crippen molar-refractivity contribution in [2.24, 2.45) is 5.73 Å². The second-order valence-corrected chi connectivity index (χ2v) is 3.96. The Morgan fingerprint density at radius 3 is 2.74 bits per heavy atom. The van der Waals surface area contributed by atoms with Crippen LogP contribution in [0.15, 0.2) is 22.6 Å². The Bertz CT molecular complexity index is 540. The topological polar surface area (TPSA) is 83.4 Å². The number of benzene rings is 1. The summed E-state index contributed by atoms with van der Waals surface area (Å²) in [6.07, 6.45) is 1.49. The van der Waals surface area contributed by atoms with Gasteiger partial charge in [-0.05, 0) is 31.2 Å². The summed E-state index contributed by atoms with van der Waals surface area (Å²) in [5, 5.41) is 8.02. The lowest BCUT2D eigenvalue weighted by Crippen LogP contribution is -2.00. The minimum atomic E-state index is 0.419. The van der Waals surface area contributed by atoms with E-state index in [0.29, 0.717) is 41.8 Å². The fourth-order valence-corrected chi connectivity index (χ4v) is 1.70. The Morgan fingerprint density at radius 2 is 2.05 bits per heavy atom. The van der Waals surface area contributed by atoms with Crippen LogP contribution in [0.3, 0.4) is 0 Å². The molecular weight excluding hydrogens is 246 g/mol. The molecule has 0 amide bonds. The number of methoxy groups -OCH3 is 2. The van der Waals surface area contributed by atoms with Gasteiger partial charge in [0.25, 0.3) is 5.89 Å². The van der Waals surface area contributed by atoms with Crippen LogP contribution in [0.4, 0.5) is 0 Å². The molecule has 2 N–H and O–H groups in total. The van der Waals surface area contributed by atoms with Crippen molar-refractivity contribution >= 4 is 0 Å². The number of nitrogens with zero attached hydrogens (tertiary/aromatic N) is 2. The predicted octanol–water partition coefficient (Wildman–Crippen LogP) is 1.65. The van der Waals surface area contributed by atoms with Gasteiger partial charge in [0.15, 0.2) is 0 Å². The highest BCUT2D eigenvalue weighted by atomic mass is 16.5. The Labute approximate surface area is 111 Å². The lowest BCUT2D eigenvalue weighted by Gasteiger charge is -2.07. The normalized spacial score (nSPS) is 10.5. The van der Waals surface area contributed by atoms with Crippen molar-refractivity contribution in [2.45, 2.75) is 12.8 Å². The van der Waals surface area contributed by atoms with E-state index in [4.69, 9.17) is 19.6 Å². The monoisotopic (exact) mass is 263 g/mol. The van der Waals surface area contributed by atoms with Crippen molar-refractivity contribution in [1.29, 1.82) is 0 Å². The van der Waals surface area contributed by atoms with Gasteiger partial charge >= 0.3 is 0 Å². The van der Waals surface area contributed by atoms with Gasteiger partial charge in [0.2, 0.25) is 5.89 Å². The molecule has 6 nitrogen and oxygen atoms in total. The van der Waals surface area contributed by atoms with Crippen LogP contribution in [0.2, 0.25) is 0 Å². The summed E-state index contributed by atoms with van der Waals surface area (Å²) in [5.74, 6) is 2.36. The summed E-state index contributed by atoms with van der Waals surface area (Å²) in [7, 11) is 3.20. The van der Waals surface area contributed by atoms with Crippen LogP contribution in [0.25, 0.3) is 11.5 Å². The molecule has 6 heteroatoms. The molecule has 0 spiro atoms. The minimum absolute atomic E-state index is 0.419. The molecular formula is C13H17N3O3. The maximum absolute atomic E-state index is 5.60. The molecule has 0 unspecified atom stereocenters. The number of hydrogen-bond donors (Lipinski definition) is 1. The highest BCUT2D eigenvalue weighted by molar-refractivity contribution is 5.64. The van der Waals surface area contributed by atoms with Gasteiger partial charge in [-0.15, -0.1) is 10.2 Å². The second kappa shape index (κ2) is 6.19. The van der Waals surface area contributed by atoms with E-state index in [1.165, 1.54) is 0 Å². The third kappa shape index (κ3) is 3.03. The summed E-state index contributed by atoms with van der Waals surface area (Å²) >= 11 is 0. The SMILES string of the molecule is COc1ccc(OC)c(-c2nnc(CCCN)o2)c1. The number of ether oxygens (including phenoxy) is 2. The average Bonchev–Trinajstić information content (AvgIpc) is 2.93. The molecule has 1 aromatic carbocycles.